The molecule has 1 aromatic carbocycles. The second-order valence-corrected chi connectivity index (χ2v) is 8.69. The topological polar surface area (TPSA) is 95.5 Å². The van der Waals surface area contributed by atoms with Crippen molar-refractivity contribution in [2.75, 3.05) is 32.8 Å². The zero-order chi connectivity index (χ0) is 24.4. The molecule has 0 bridgehead atoms. The van der Waals surface area contributed by atoms with E-state index < -0.39 is 0 Å². The Bertz CT molecular complexity index is 1240. The van der Waals surface area contributed by atoms with E-state index in [0.717, 1.165) is 5.39 Å². The van der Waals surface area contributed by atoms with Gasteiger partial charge in [-0.25, -0.2) is 9.97 Å². The molecule has 0 saturated carbocycles. The van der Waals surface area contributed by atoms with E-state index in [2.05, 4.69) is 21.9 Å². The Morgan fingerprint density at radius 1 is 1.21 bits per heavy atom. The number of fused-ring (bicyclic) bond motifs is 1. The van der Waals surface area contributed by atoms with Gasteiger partial charge in [0.15, 0.2) is 5.78 Å². The quantitative estimate of drug-likeness (QED) is 0.434. The zero-order valence-electron chi connectivity index (χ0n) is 19.0. The van der Waals surface area contributed by atoms with Crippen molar-refractivity contribution in [2.45, 2.75) is 19.4 Å². The fourth-order valence-corrected chi connectivity index (χ4v) is 4.67. The number of benzene rings is 1. The van der Waals surface area contributed by atoms with Crippen molar-refractivity contribution >= 4 is 45.8 Å². The third kappa shape index (κ3) is 4.66. The first-order valence-electron chi connectivity index (χ1n) is 10.6. The van der Waals surface area contributed by atoms with Crippen LogP contribution < -0.4 is 14.8 Å². The average Bonchev–Trinajstić information content (AvgIpc) is 3.26. The summed E-state index contributed by atoms with van der Waals surface area (Å²) in [6, 6.07) is 3.38. The number of ether oxygens (including phenoxy) is 3. The third-order valence-electron chi connectivity index (χ3n) is 5.77. The number of nitrogens with zero attached hydrogens (tertiary/aromatic N) is 3. The summed E-state index contributed by atoms with van der Waals surface area (Å²) in [5.41, 5.74) is 2.41. The highest BCUT2D eigenvalue weighted by atomic mass is 35.5. The zero-order valence-corrected chi connectivity index (χ0v) is 20.5. The number of anilines is 1. The highest BCUT2D eigenvalue weighted by molar-refractivity contribution is 6.41. The first-order chi connectivity index (χ1) is 16.4. The molecule has 1 fully saturated rings. The summed E-state index contributed by atoms with van der Waals surface area (Å²) in [7, 11) is 3.04. The maximum Gasteiger partial charge on any atom is 0.223 e. The molecular formula is C24H24Cl2N4O4. The van der Waals surface area contributed by atoms with Gasteiger partial charge in [0.05, 0.1) is 60.4 Å². The number of halogens is 2. The van der Waals surface area contributed by atoms with E-state index in [0.29, 0.717) is 69.6 Å². The Labute approximate surface area is 207 Å². The second kappa shape index (κ2) is 10.1. The van der Waals surface area contributed by atoms with E-state index in [1.54, 1.807) is 12.3 Å². The van der Waals surface area contributed by atoms with Crippen LogP contribution >= 0.6 is 23.2 Å². The molecule has 4 rings (SSSR count). The van der Waals surface area contributed by atoms with Gasteiger partial charge in [-0.05, 0) is 19.1 Å². The van der Waals surface area contributed by atoms with E-state index in [9.17, 15) is 4.79 Å². The Morgan fingerprint density at radius 3 is 2.56 bits per heavy atom. The highest BCUT2D eigenvalue weighted by Crippen LogP contribution is 2.45. The monoisotopic (exact) mass is 502 g/mol. The van der Waals surface area contributed by atoms with Gasteiger partial charge in [-0.2, -0.15) is 0 Å². The standard InChI is InChI=1S/C24H24Cl2N4O4/c1-5-15(31)6-14-10-34-11-17(14)29-24-27-9-13-7-16(28-12(2)23(13)30-24)20-21(25)18(32-3)8-19(33-4)22(20)26/h5,7-9,14,17H,1,6,10-11H2,2-4H3,(H,27,29,30)/t14-,17+/m0/s1. The molecule has 8 nitrogen and oxygen atoms in total. The average molecular weight is 503 g/mol. The minimum atomic E-state index is -0.0734. The lowest BCUT2D eigenvalue weighted by Crippen LogP contribution is -2.30. The first kappa shape index (κ1) is 24.2. The Morgan fingerprint density at radius 2 is 1.91 bits per heavy atom. The fourth-order valence-electron chi connectivity index (χ4n) is 3.97. The number of hydrogen-bond acceptors (Lipinski definition) is 8. The summed E-state index contributed by atoms with van der Waals surface area (Å²) in [6.07, 6.45) is 3.41. The van der Waals surface area contributed by atoms with E-state index in [1.165, 1.54) is 20.3 Å². The highest BCUT2D eigenvalue weighted by Gasteiger charge is 2.30. The molecule has 34 heavy (non-hydrogen) atoms. The molecule has 1 aliphatic rings. The van der Waals surface area contributed by atoms with Gasteiger partial charge in [0, 0.05) is 35.6 Å². The van der Waals surface area contributed by atoms with Gasteiger partial charge in [0.1, 0.15) is 11.5 Å². The van der Waals surface area contributed by atoms with Crippen LogP contribution in [0.5, 0.6) is 11.5 Å². The fraction of sp³-hybridized carbons (Fsp3) is 0.333. The van der Waals surface area contributed by atoms with Crippen molar-refractivity contribution in [3.8, 4) is 22.8 Å². The van der Waals surface area contributed by atoms with Crippen molar-refractivity contribution < 1.29 is 19.0 Å². The predicted molar refractivity (Wildman–Crippen MR) is 132 cm³/mol. The lowest BCUT2D eigenvalue weighted by Gasteiger charge is -2.18. The summed E-state index contributed by atoms with van der Waals surface area (Å²) in [6.45, 7) is 6.37. The lowest BCUT2D eigenvalue weighted by molar-refractivity contribution is -0.115. The van der Waals surface area contributed by atoms with Crippen LogP contribution in [0, 0.1) is 12.8 Å². The van der Waals surface area contributed by atoms with Crippen molar-refractivity contribution in [2.24, 2.45) is 5.92 Å². The van der Waals surface area contributed by atoms with Gasteiger partial charge in [0.2, 0.25) is 5.95 Å². The SMILES string of the molecule is C=CC(=O)C[C@H]1COC[C@H]1Nc1ncc2cc(-c3c(Cl)c(OC)cc(OC)c3Cl)nc(C)c2n1. The molecule has 1 N–H and O–H groups in total. The molecular weight excluding hydrogens is 479 g/mol. The van der Waals surface area contributed by atoms with Gasteiger partial charge < -0.3 is 19.5 Å². The number of nitrogens with one attached hydrogen (secondary N) is 1. The molecule has 2 atom stereocenters. The minimum absolute atomic E-state index is 0.0131. The molecule has 178 valence electrons. The van der Waals surface area contributed by atoms with Crippen LogP contribution in [0.4, 0.5) is 5.95 Å². The molecule has 3 heterocycles. The number of rotatable bonds is 8. The van der Waals surface area contributed by atoms with Crippen LogP contribution in [0.1, 0.15) is 12.1 Å². The molecule has 3 aromatic rings. The van der Waals surface area contributed by atoms with Crippen molar-refractivity contribution in [3.05, 3.63) is 46.7 Å². The number of pyridine rings is 1. The van der Waals surface area contributed by atoms with Crippen molar-refractivity contribution in [1.82, 2.24) is 15.0 Å². The summed E-state index contributed by atoms with van der Waals surface area (Å²) in [4.78, 5) is 25.6. The Kier molecular flexibility index (Phi) is 7.21. The number of aryl methyl sites for hydroxylation is 1. The van der Waals surface area contributed by atoms with Gasteiger partial charge in [-0.3, -0.25) is 9.78 Å². The van der Waals surface area contributed by atoms with Crippen LogP contribution in [0.2, 0.25) is 10.0 Å². The van der Waals surface area contributed by atoms with E-state index in [1.807, 2.05) is 13.0 Å². The molecule has 0 unspecified atom stereocenters. The normalized spacial score (nSPS) is 17.6. The Balaban J connectivity index is 1.69. The maximum absolute atomic E-state index is 11.8. The number of allylic oxidation sites excluding steroid dienone is 1. The lowest BCUT2D eigenvalue weighted by atomic mass is 9.97. The minimum Gasteiger partial charge on any atom is -0.495 e. The van der Waals surface area contributed by atoms with Crippen molar-refractivity contribution in [1.29, 1.82) is 0 Å². The Hall–Kier alpha value is -2.94. The summed E-state index contributed by atoms with van der Waals surface area (Å²) in [5.74, 6) is 1.31. The summed E-state index contributed by atoms with van der Waals surface area (Å²) < 4.78 is 16.3. The van der Waals surface area contributed by atoms with E-state index >= 15 is 0 Å². The number of carbonyl (C=O) groups is 1. The van der Waals surface area contributed by atoms with Gasteiger partial charge in [-0.15, -0.1) is 0 Å². The smallest absolute Gasteiger partial charge is 0.223 e. The predicted octanol–water partition coefficient (Wildman–Crippen LogP) is 4.90. The van der Waals surface area contributed by atoms with Gasteiger partial charge in [-0.1, -0.05) is 29.8 Å². The number of ketones is 1. The molecule has 2 aromatic heterocycles. The molecule has 0 amide bonds. The van der Waals surface area contributed by atoms with E-state index in [-0.39, 0.29) is 17.7 Å². The number of hydrogen-bond donors (Lipinski definition) is 1. The van der Waals surface area contributed by atoms with Crippen LogP contribution in [-0.4, -0.2) is 54.2 Å². The third-order valence-corrected chi connectivity index (χ3v) is 6.52. The molecule has 1 aliphatic heterocycles. The first-order valence-corrected chi connectivity index (χ1v) is 11.4. The van der Waals surface area contributed by atoms with Gasteiger partial charge in [0.25, 0.3) is 0 Å². The van der Waals surface area contributed by atoms with E-state index in [4.69, 9.17) is 42.4 Å². The molecule has 0 radical (unpaired) electrons. The molecule has 0 aliphatic carbocycles. The van der Waals surface area contributed by atoms with Crippen LogP contribution in [-0.2, 0) is 9.53 Å². The van der Waals surface area contributed by atoms with Gasteiger partial charge >= 0.3 is 0 Å². The van der Waals surface area contributed by atoms with Crippen LogP contribution in [0.3, 0.4) is 0 Å². The number of methoxy groups -OCH3 is 2. The van der Waals surface area contributed by atoms with Crippen molar-refractivity contribution in [3.63, 3.8) is 0 Å². The molecule has 10 heteroatoms. The molecule has 0 spiro atoms. The second-order valence-electron chi connectivity index (χ2n) is 7.93. The van der Waals surface area contributed by atoms with Crippen LogP contribution in [0.15, 0.2) is 31.0 Å². The maximum atomic E-state index is 11.8. The molecule has 1 saturated heterocycles. The summed E-state index contributed by atoms with van der Waals surface area (Å²) in [5, 5.41) is 4.73. The number of carbonyl (C=O) groups excluding carboxylic acids is 1. The summed E-state index contributed by atoms with van der Waals surface area (Å²) >= 11 is 13.1. The van der Waals surface area contributed by atoms with Crippen LogP contribution in [0.25, 0.3) is 22.2 Å². The number of aromatic nitrogens is 3. The largest absolute Gasteiger partial charge is 0.495 e.